The van der Waals surface area contributed by atoms with Gasteiger partial charge in [-0.3, -0.25) is 0 Å². The van der Waals surface area contributed by atoms with Crippen molar-refractivity contribution in [2.24, 2.45) is 5.92 Å². The van der Waals surface area contributed by atoms with E-state index in [1.807, 2.05) is 29.2 Å². The molecule has 3 aliphatic rings. The molecule has 2 unspecified atom stereocenters. The Morgan fingerprint density at radius 2 is 1.65 bits per heavy atom. The van der Waals surface area contributed by atoms with E-state index in [2.05, 4.69) is 46.4 Å². The summed E-state index contributed by atoms with van der Waals surface area (Å²) < 4.78 is 0. The number of nitrogens with one attached hydrogen (secondary N) is 1. The van der Waals surface area contributed by atoms with Crippen LogP contribution in [0.4, 0.5) is 16.2 Å². The molecular weight excluding hydrogens is 408 g/mol. The molecule has 0 spiro atoms. The van der Waals surface area contributed by atoms with Crippen molar-refractivity contribution in [3.8, 4) is 0 Å². The SMILES string of the molecule is CN1CCC2CN(c3ccc(NC(=O)N4CCC(c5ccc(Cl)cc5)CC4)cc3)CC21. The molecule has 5 nitrogen and oxygen atoms in total. The van der Waals surface area contributed by atoms with Gasteiger partial charge in [0.2, 0.25) is 0 Å². The van der Waals surface area contributed by atoms with Crippen LogP contribution in [0.1, 0.15) is 30.7 Å². The smallest absolute Gasteiger partial charge is 0.321 e. The van der Waals surface area contributed by atoms with E-state index in [1.54, 1.807) is 0 Å². The Morgan fingerprint density at radius 3 is 2.32 bits per heavy atom. The van der Waals surface area contributed by atoms with Crippen LogP contribution in [-0.4, -0.2) is 61.6 Å². The number of urea groups is 1. The molecule has 31 heavy (non-hydrogen) atoms. The molecule has 5 rings (SSSR count). The van der Waals surface area contributed by atoms with Crippen LogP contribution in [-0.2, 0) is 0 Å². The molecule has 3 heterocycles. The van der Waals surface area contributed by atoms with Gasteiger partial charge in [0, 0.05) is 48.6 Å². The maximum Gasteiger partial charge on any atom is 0.321 e. The van der Waals surface area contributed by atoms with Crippen LogP contribution in [0.15, 0.2) is 48.5 Å². The number of likely N-dealkylation sites (tertiary alicyclic amines) is 2. The van der Waals surface area contributed by atoms with Crippen molar-refractivity contribution in [1.29, 1.82) is 0 Å². The largest absolute Gasteiger partial charge is 0.370 e. The Balaban J connectivity index is 1.13. The molecule has 3 fully saturated rings. The molecule has 0 radical (unpaired) electrons. The second-order valence-electron chi connectivity index (χ2n) is 9.29. The minimum Gasteiger partial charge on any atom is -0.370 e. The minimum absolute atomic E-state index is 0.000338. The number of anilines is 2. The van der Waals surface area contributed by atoms with Gasteiger partial charge in [-0.05, 0) is 86.7 Å². The first-order chi connectivity index (χ1) is 15.1. The maximum absolute atomic E-state index is 12.7. The van der Waals surface area contributed by atoms with Crippen LogP contribution in [0.5, 0.6) is 0 Å². The molecule has 2 aromatic rings. The number of hydrogen-bond acceptors (Lipinski definition) is 3. The lowest BCUT2D eigenvalue weighted by Crippen LogP contribution is -2.40. The van der Waals surface area contributed by atoms with Crippen molar-refractivity contribution in [2.45, 2.75) is 31.2 Å². The summed E-state index contributed by atoms with van der Waals surface area (Å²) in [5.41, 5.74) is 3.44. The van der Waals surface area contributed by atoms with Crippen LogP contribution in [0.3, 0.4) is 0 Å². The van der Waals surface area contributed by atoms with Crippen molar-refractivity contribution < 1.29 is 4.79 Å². The molecule has 164 valence electrons. The summed E-state index contributed by atoms with van der Waals surface area (Å²) in [6.07, 6.45) is 3.28. The molecule has 1 N–H and O–H groups in total. The highest BCUT2D eigenvalue weighted by atomic mass is 35.5. The van der Waals surface area contributed by atoms with Gasteiger partial charge in [0.15, 0.2) is 0 Å². The molecule has 2 amide bonds. The number of nitrogens with zero attached hydrogens (tertiary/aromatic N) is 3. The topological polar surface area (TPSA) is 38.8 Å². The minimum atomic E-state index is -0.000338. The van der Waals surface area contributed by atoms with Crippen LogP contribution >= 0.6 is 11.6 Å². The Bertz CT molecular complexity index is 908. The van der Waals surface area contributed by atoms with Gasteiger partial charge in [-0.25, -0.2) is 4.79 Å². The van der Waals surface area contributed by atoms with E-state index in [1.165, 1.54) is 24.2 Å². The average molecular weight is 439 g/mol. The molecule has 6 heteroatoms. The monoisotopic (exact) mass is 438 g/mol. The van der Waals surface area contributed by atoms with Gasteiger partial charge in [-0.15, -0.1) is 0 Å². The first-order valence-electron chi connectivity index (χ1n) is 11.4. The predicted molar refractivity (Wildman–Crippen MR) is 127 cm³/mol. The standard InChI is InChI=1S/C25H31ClN4O/c1-28-13-10-20-16-30(17-24(20)28)23-8-6-22(7-9-23)27-25(31)29-14-11-19(12-15-29)18-2-4-21(26)5-3-18/h2-9,19-20,24H,10-17H2,1H3,(H,27,31). The fourth-order valence-electron chi connectivity index (χ4n) is 5.49. The Morgan fingerprint density at radius 1 is 0.935 bits per heavy atom. The van der Waals surface area contributed by atoms with E-state index < -0.39 is 0 Å². The van der Waals surface area contributed by atoms with E-state index >= 15 is 0 Å². The molecule has 0 bridgehead atoms. The molecular formula is C25H31ClN4O. The maximum atomic E-state index is 12.7. The highest BCUT2D eigenvalue weighted by molar-refractivity contribution is 6.30. The van der Waals surface area contributed by atoms with Crippen molar-refractivity contribution in [3.63, 3.8) is 0 Å². The molecule has 0 saturated carbocycles. The Labute approximate surface area is 190 Å². The van der Waals surface area contributed by atoms with Gasteiger partial charge in [0.25, 0.3) is 0 Å². The summed E-state index contributed by atoms with van der Waals surface area (Å²) in [4.78, 5) is 19.7. The number of benzene rings is 2. The lowest BCUT2D eigenvalue weighted by Gasteiger charge is -2.32. The highest BCUT2D eigenvalue weighted by Gasteiger charge is 2.39. The predicted octanol–water partition coefficient (Wildman–Crippen LogP) is 4.89. The second-order valence-corrected chi connectivity index (χ2v) is 9.73. The van der Waals surface area contributed by atoms with E-state index in [-0.39, 0.29) is 6.03 Å². The highest BCUT2D eigenvalue weighted by Crippen LogP contribution is 2.34. The quantitative estimate of drug-likeness (QED) is 0.741. The molecule has 3 saturated heterocycles. The molecule has 2 atom stereocenters. The van der Waals surface area contributed by atoms with Crippen molar-refractivity contribution in [1.82, 2.24) is 9.80 Å². The van der Waals surface area contributed by atoms with Crippen molar-refractivity contribution >= 4 is 29.0 Å². The third-order valence-electron chi connectivity index (χ3n) is 7.43. The Kier molecular flexibility index (Phi) is 5.81. The van der Waals surface area contributed by atoms with E-state index in [0.717, 1.165) is 55.6 Å². The number of rotatable bonds is 3. The lowest BCUT2D eigenvalue weighted by molar-refractivity contribution is 0.194. The Hall–Kier alpha value is -2.24. The van der Waals surface area contributed by atoms with Crippen molar-refractivity contribution in [3.05, 3.63) is 59.1 Å². The molecule has 0 aromatic heterocycles. The summed E-state index contributed by atoms with van der Waals surface area (Å²) in [5.74, 6) is 1.29. The fraction of sp³-hybridized carbons (Fsp3) is 0.480. The number of piperidine rings is 1. The number of carbonyl (C=O) groups is 1. The number of amides is 2. The zero-order chi connectivity index (χ0) is 21.4. The van der Waals surface area contributed by atoms with Gasteiger partial charge in [-0.1, -0.05) is 23.7 Å². The number of carbonyl (C=O) groups excluding carboxylic acids is 1. The van der Waals surface area contributed by atoms with Crippen LogP contribution in [0.2, 0.25) is 5.02 Å². The fourth-order valence-corrected chi connectivity index (χ4v) is 5.62. The summed E-state index contributed by atoms with van der Waals surface area (Å²) >= 11 is 6.00. The second kappa shape index (κ2) is 8.71. The number of hydrogen-bond donors (Lipinski definition) is 1. The third-order valence-corrected chi connectivity index (χ3v) is 7.68. The van der Waals surface area contributed by atoms with Gasteiger partial charge in [0.05, 0.1) is 0 Å². The third kappa shape index (κ3) is 4.39. The molecule has 2 aromatic carbocycles. The van der Waals surface area contributed by atoms with Gasteiger partial charge in [-0.2, -0.15) is 0 Å². The first kappa shape index (κ1) is 20.7. The number of halogens is 1. The molecule has 3 aliphatic heterocycles. The summed E-state index contributed by atoms with van der Waals surface area (Å²) in [7, 11) is 2.24. The van der Waals surface area contributed by atoms with E-state index in [0.29, 0.717) is 12.0 Å². The van der Waals surface area contributed by atoms with Crippen LogP contribution < -0.4 is 10.2 Å². The first-order valence-corrected chi connectivity index (χ1v) is 11.8. The van der Waals surface area contributed by atoms with Crippen LogP contribution in [0.25, 0.3) is 0 Å². The van der Waals surface area contributed by atoms with Gasteiger partial charge >= 0.3 is 6.03 Å². The zero-order valence-electron chi connectivity index (χ0n) is 18.1. The summed E-state index contributed by atoms with van der Waals surface area (Å²) in [6, 6.07) is 17.2. The summed E-state index contributed by atoms with van der Waals surface area (Å²) in [5, 5.41) is 3.85. The lowest BCUT2D eigenvalue weighted by atomic mass is 9.89. The van der Waals surface area contributed by atoms with Crippen LogP contribution in [0, 0.1) is 5.92 Å². The normalized spacial score (nSPS) is 24.5. The van der Waals surface area contributed by atoms with E-state index in [9.17, 15) is 4.79 Å². The van der Waals surface area contributed by atoms with E-state index in [4.69, 9.17) is 11.6 Å². The molecule has 0 aliphatic carbocycles. The van der Waals surface area contributed by atoms with Gasteiger partial charge in [0.1, 0.15) is 0 Å². The summed E-state index contributed by atoms with van der Waals surface area (Å²) in [6.45, 7) is 5.03. The van der Waals surface area contributed by atoms with Crippen molar-refractivity contribution in [2.75, 3.05) is 50.0 Å². The number of likely N-dealkylation sites (N-methyl/N-ethyl adjacent to an activating group) is 1. The average Bonchev–Trinajstić information content (AvgIpc) is 3.37. The number of fused-ring (bicyclic) bond motifs is 1. The van der Waals surface area contributed by atoms with Gasteiger partial charge < -0.3 is 20.0 Å². The zero-order valence-corrected chi connectivity index (χ0v) is 18.9.